The van der Waals surface area contributed by atoms with E-state index >= 15 is 0 Å². The summed E-state index contributed by atoms with van der Waals surface area (Å²) in [5, 5.41) is 11.5. The van der Waals surface area contributed by atoms with E-state index < -0.39 is 0 Å². The molecule has 18 heavy (non-hydrogen) atoms. The SMILES string of the molecule is Nc1ccccc1CC(=O)NCCCCCCO. The normalized spacial score (nSPS) is 10.3. The lowest BCUT2D eigenvalue weighted by Crippen LogP contribution is -2.26. The number of rotatable bonds is 8. The summed E-state index contributed by atoms with van der Waals surface area (Å²) in [6.45, 7) is 0.941. The van der Waals surface area contributed by atoms with E-state index in [0.29, 0.717) is 18.7 Å². The van der Waals surface area contributed by atoms with E-state index in [2.05, 4.69) is 5.32 Å². The average molecular weight is 250 g/mol. The van der Waals surface area contributed by atoms with Crippen LogP contribution in [0.15, 0.2) is 24.3 Å². The predicted molar refractivity (Wildman–Crippen MR) is 73.1 cm³/mol. The lowest BCUT2D eigenvalue weighted by molar-refractivity contribution is -0.120. The number of hydrogen-bond donors (Lipinski definition) is 3. The molecule has 0 aliphatic carbocycles. The van der Waals surface area contributed by atoms with Crippen LogP contribution in [0.3, 0.4) is 0 Å². The molecule has 4 heteroatoms. The van der Waals surface area contributed by atoms with Gasteiger partial charge < -0.3 is 16.2 Å². The van der Waals surface area contributed by atoms with Gasteiger partial charge in [0.15, 0.2) is 0 Å². The fraction of sp³-hybridized carbons (Fsp3) is 0.500. The Balaban J connectivity index is 2.16. The summed E-state index contributed by atoms with van der Waals surface area (Å²) >= 11 is 0. The number of carbonyl (C=O) groups excluding carboxylic acids is 1. The predicted octanol–water partition coefficient (Wildman–Crippen LogP) is 1.48. The number of nitrogens with one attached hydrogen (secondary N) is 1. The van der Waals surface area contributed by atoms with Gasteiger partial charge in [0.05, 0.1) is 6.42 Å². The number of amides is 1. The molecule has 1 amide bonds. The van der Waals surface area contributed by atoms with Crippen LogP contribution in [-0.4, -0.2) is 24.2 Å². The molecule has 0 radical (unpaired) electrons. The van der Waals surface area contributed by atoms with Crippen LogP contribution in [0.4, 0.5) is 5.69 Å². The van der Waals surface area contributed by atoms with Gasteiger partial charge in [-0.2, -0.15) is 0 Å². The van der Waals surface area contributed by atoms with Crippen LogP contribution in [0, 0.1) is 0 Å². The summed E-state index contributed by atoms with van der Waals surface area (Å²) < 4.78 is 0. The van der Waals surface area contributed by atoms with Crippen LogP contribution in [0.2, 0.25) is 0 Å². The maximum Gasteiger partial charge on any atom is 0.224 e. The van der Waals surface area contributed by atoms with Gasteiger partial charge in [-0.05, 0) is 24.5 Å². The smallest absolute Gasteiger partial charge is 0.224 e. The number of carbonyl (C=O) groups is 1. The number of aliphatic hydroxyl groups is 1. The van der Waals surface area contributed by atoms with Crippen molar-refractivity contribution < 1.29 is 9.90 Å². The Labute approximate surface area is 108 Å². The van der Waals surface area contributed by atoms with Crippen molar-refractivity contribution in [2.75, 3.05) is 18.9 Å². The quantitative estimate of drug-likeness (QED) is 0.483. The summed E-state index contributed by atoms with van der Waals surface area (Å²) in [5.41, 5.74) is 7.31. The summed E-state index contributed by atoms with van der Waals surface area (Å²) in [7, 11) is 0. The molecular weight excluding hydrogens is 228 g/mol. The first-order valence-electron chi connectivity index (χ1n) is 6.45. The molecule has 0 saturated heterocycles. The number of unbranched alkanes of at least 4 members (excludes halogenated alkanes) is 3. The number of para-hydroxylation sites is 1. The van der Waals surface area contributed by atoms with Crippen molar-refractivity contribution >= 4 is 11.6 Å². The lowest BCUT2D eigenvalue weighted by atomic mass is 10.1. The highest BCUT2D eigenvalue weighted by Gasteiger charge is 2.04. The van der Waals surface area contributed by atoms with Crippen molar-refractivity contribution in [3.05, 3.63) is 29.8 Å². The molecule has 0 bridgehead atoms. The minimum Gasteiger partial charge on any atom is -0.398 e. The van der Waals surface area contributed by atoms with E-state index in [1.165, 1.54) is 0 Å². The van der Waals surface area contributed by atoms with Gasteiger partial charge in [0.1, 0.15) is 0 Å². The third-order valence-electron chi connectivity index (χ3n) is 2.81. The Kier molecular flexibility index (Phi) is 6.87. The van der Waals surface area contributed by atoms with Gasteiger partial charge in [0, 0.05) is 18.8 Å². The molecule has 4 nitrogen and oxygen atoms in total. The van der Waals surface area contributed by atoms with Crippen LogP contribution in [0.25, 0.3) is 0 Å². The highest BCUT2D eigenvalue weighted by atomic mass is 16.2. The van der Waals surface area contributed by atoms with Crippen molar-refractivity contribution in [3.63, 3.8) is 0 Å². The monoisotopic (exact) mass is 250 g/mol. The number of nitrogen functional groups attached to an aromatic ring is 1. The zero-order valence-electron chi connectivity index (χ0n) is 10.7. The van der Waals surface area contributed by atoms with Gasteiger partial charge in [-0.25, -0.2) is 0 Å². The first-order valence-corrected chi connectivity index (χ1v) is 6.45. The molecule has 100 valence electrons. The van der Waals surface area contributed by atoms with E-state index in [1.807, 2.05) is 18.2 Å². The zero-order valence-corrected chi connectivity index (χ0v) is 10.7. The largest absolute Gasteiger partial charge is 0.398 e. The zero-order chi connectivity index (χ0) is 13.2. The fourth-order valence-corrected chi connectivity index (χ4v) is 1.75. The minimum atomic E-state index is 0.00931. The molecule has 0 unspecified atom stereocenters. The molecule has 0 atom stereocenters. The fourth-order valence-electron chi connectivity index (χ4n) is 1.75. The Morgan fingerprint density at radius 3 is 2.61 bits per heavy atom. The summed E-state index contributed by atoms with van der Waals surface area (Å²) in [5.74, 6) is 0.00931. The minimum absolute atomic E-state index is 0.00931. The molecule has 1 aromatic carbocycles. The number of benzene rings is 1. The second-order valence-electron chi connectivity index (χ2n) is 4.36. The lowest BCUT2D eigenvalue weighted by Gasteiger charge is -2.07. The third-order valence-corrected chi connectivity index (χ3v) is 2.81. The molecule has 1 aromatic rings. The Bertz CT molecular complexity index is 367. The van der Waals surface area contributed by atoms with Gasteiger partial charge in [-0.1, -0.05) is 31.0 Å². The highest BCUT2D eigenvalue weighted by Crippen LogP contribution is 2.10. The Morgan fingerprint density at radius 1 is 1.17 bits per heavy atom. The molecule has 0 aliphatic rings. The molecular formula is C14H22N2O2. The number of aliphatic hydroxyl groups excluding tert-OH is 1. The number of anilines is 1. The van der Waals surface area contributed by atoms with Crippen LogP contribution in [-0.2, 0) is 11.2 Å². The Morgan fingerprint density at radius 2 is 1.89 bits per heavy atom. The maximum absolute atomic E-state index is 11.6. The standard InChI is InChI=1S/C14H22N2O2/c15-13-8-4-3-7-12(13)11-14(18)16-9-5-1-2-6-10-17/h3-4,7-8,17H,1-2,5-6,9-11,15H2,(H,16,18). The maximum atomic E-state index is 11.6. The third kappa shape index (κ3) is 5.68. The average Bonchev–Trinajstić information content (AvgIpc) is 2.36. The molecule has 0 aromatic heterocycles. The second kappa shape index (κ2) is 8.53. The van der Waals surface area contributed by atoms with Crippen LogP contribution >= 0.6 is 0 Å². The van der Waals surface area contributed by atoms with Crippen LogP contribution in [0.1, 0.15) is 31.2 Å². The van der Waals surface area contributed by atoms with Gasteiger partial charge in [0.25, 0.3) is 0 Å². The van der Waals surface area contributed by atoms with Crippen LogP contribution in [0.5, 0.6) is 0 Å². The topological polar surface area (TPSA) is 75.4 Å². The molecule has 0 aliphatic heterocycles. The summed E-state index contributed by atoms with van der Waals surface area (Å²) in [4.78, 5) is 11.6. The van der Waals surface area contributed by atoms with Crippen molar-refractivity contribution in [1.29, 1.82) is 0 Å². The number of hydrogen-bond acceptors (Lipinski definition) is 3. The molecule has 0 fully saturated rings. The Hall–Kier alpha value is -1.55. The van der Waals surface area contributed by atoms with Gasteiger partial charge in [0.2, 0.25) is 5.91 Å². The molecule has 1 rings (SSSR count). The number of nitrogens with two attached hydrogens (primary N) is 1. The summed E-state index contributed by atoms with van der Waals surface area (Å²) in [6, 6.07) is 7.42. The highest BCUT2D eigenvalue weighted by molar-refractivity contribution is 5.80. The molecule has 0 spiro atoms. The molecule has 0 heterocycles. The molecule has 4 N–H and O–H groups in total. The molecule has 0 saturated carbocycles. The van der Waals surface area contributed by atoms with E-state index in [-0.39, 0.29) is 12.5 Å². The summed E-state index contributed by atoms with van der Waals surface area (Å²) in [6.07, 6.45) is 4.18. The van der Waals surface area contributed by atoms with Gasteiger partial charge in [-0.15, -0.1) is 0 Å². The van der Waals surface area contributed by atoms with Gasteiger partial charge >= 0.3 is 0 Å². The van der Waals surface area contributed by atoms with E-state index in [9.17, 15) is 4.79 Å². The van der Waals surface area contributed by atoms with Crippen molar-refractivity contribution in [1.82, 2.24) is 5.32 Å². The first-order chi connectivity index (χ1) is 8.74. The van der Waals surface area contributed by atoms with Crippen molar-refractivity contribution in [3.8, 4) is 0 Å². The van der Waals surface area contributed by atoms with Crippen LogP contribution < -0.4 is 11.1 Å². The van der Waals surface area contributed by atoms with Crippen molar-refractivity contribution in [2.24, 2.45) is 0 Å². The van der Waals surface area contributed by atoms with E-state index in [0.717, 1.165) is 31.2 Å². The van der Waals surface area contributed by atoms with E-state index in [1.54, 1.807) is 6.07 Å². The van der Waals surface area contributed by atoms with E-state index in [4.69, 9.17) is 10.8 Å². The van der Waals surface area contributed by atoms with Gasteiger partial charge in [-0.3, -0.25) is 4.79 Å². The first kappa shape index (κ1) is 14.5. The van der Waals surface area contributed by atoms with Crippen molar-refractivity contribution in [2.45, 2.75) is 32.1 Å². The second-order valence-corrected chi connectivity index (χ2v) is 4.36.